The van der Waals surface area contributed by atoms with Gasteiger partial charge < -0.3 is 9.55 Å². The first-order valence-corrected chi connectivity index (χ1v) is 8.08. The maximum atomic E-state index is 10.9. The Morgan fingerprint density at radius 3 is 2.73 bits per heavy atom. The summed E-state index contributed by atoms with van der Waals surface area (Å²) in [4.78, 5) is 21.8. The summed E-state index contributed by atoms with van der Waals surface area (Å²) in [7, 11) is 0. The van der Waals surface area contributed by atoms with Gasteiger partial charge in [-0.15, -0.1) is 0 Å². The van der Waals surface area contributed by atoms with Crippen LogP contribution >= 0.6 is 11.6 Å². The van der Waals surface area contributed by atoms with Crippen molar-refractivity contribution in [3.05, 3.63) is 82.7 Å². The van der Waals surface area contributed by atoms with E-state index < -0.39 is 4.92 Å². The smallest absolute Gasteiger partial charge is 0.271 e. The lowest BCUT2D eigenvalue weighted by Gasteiger charge is -2.02. The van der Waals surface area contributed by atoms with Gasteiger partial charge in [0, 0.05) is 30.2 Å². The number of nitro groups is 1. The van der Waals surface area contributed by atoms with Gasteiger partial charge in [-0.3, -0.25) is 10.1 Å². The van der Waals surface area contributed by atoms with Crippen molar-refractivity contribution in [1.29, 1.82) is 0 Å². The van der Waals surface area contributed by atoms with Gasteiger partial charge in [-0.05, 0) is 29.8 Å². The summed E-state index contributed by atoms with van der Waals surface area (Å²) < 4.78 is 1.90. The van der Waals surface area contributed by atoms with E-state index in [1.807, 2.05) is 35.0 Å². The number of hydrogen-bond donors (Lipinski definition) is 1. The summed E-state index contributed by atoms with van der Waals surface area (Å²) in [6.45, 7) is 0. The molecule has 0 amide bonds. The number of rotatable bonds is 4. The predicted molar refractivity (Wildman–Crippen MR) is 100 cm³/mol. The number of aromatic nitrogens is 4. The minimum absolute atomic E-state index is 0.00268. The molecular weight excluding hydrogens is 354 g/mol. The molecule has 0 aliphatic rings. The zero-order valence-electron chi connectivity index (χ0n) is 13.3. The lowest BCUT2D eigenvalue weighted by atomic mass is 10.2. The van der Waals surface area contributed by atoms with E-state index in [0.717, 1.165) is 11.3 Å². The molecule has 4 aromatic rings. The summed E-state index contributed by atoms with van der Waals surface area (Å²) in [6.07, 6.45) is 7.10. The van der Waals surface area contributed by atoms with Gasteiger partial charge in [-0.1, -0.05) is 23.7 Å². The number of aromatic amines is 1. The fourth-order valence-electron chi connectivity index (χ4n) is 2.59. The number of nitrogens with one attached hydrogen (secondary N) is 1. The molecule has 128 valence electrons. The first-order valence-electron chi connectivity index (χ1n) is 7.70. The second-order valence-corrected chi connectivity index (χ2v) is 6.00. The molecule has 2 heterocycles. The number of nitro benzene ring substituents is 1. The second kappa shape index (κ2) is 6.45. The van der Waals surface area contributed by atoms with Crippen molar-refractivity contribution < 1.29 is 4.92 Å². The van der Waals surface area contributed by atoms with Crippen LogP contribution in [0.1, 0.15) is 11.4 Å². The van der Waals surface area contributed by atoms with Crippen LogP contribution in [0.4, 0.5) is 5.69 Å². The molecule has 2 aromatic carbocycles. The van der Waals surface area contributed by atoms with Gasteiger partial charge >= 0.3 is 0 Å². The van der Waals surface area contributed by atoms with Crippen molar-refractivity contribution >= 4 is 39.4 Å². The summed E-state index contributed by atoms with van der Waals surface area (Å²) in [5, 5.41) is 11.3. The molecule has 2 aromatic heterocycles. The highest BCUT2D eigenvalue weighted by atomic mass is 35.5. The molecule has 0 saturated heterocycles. The molecule has 0 unspecified atom stereocenters. The standard InChI is InChI=1S/C18H12ClN5O2/c19-15(9-12-1-3-13(4-2-12)23-8-7-20-11-23)18-21-16-6-5-14(24(25)26)10-17(16)22-18/h1-11H,(H,21,22). The van der Waals surface area contributed by atoms with Crippen LogP contribution in [-0.2, 0) is 0 Å². The minimum Gasteiger partial charge on any atom is -0.337 e. The van der Waals surface area contributed by atoms with Crippen LogP contribution in [-0.4, -0.2) is 24.4 Å². The number of non-ortho nitro benzene ring substituents is 1. The summed E-state index contributed by atoms with van der Waals surface area (Å²) in [6, 6.07) is 12.2. The Labute approximate surface area is 152 Å². The Balaban J connectivity index is 1.63. The summed E-state index contributed by atoms with van der Waals surface area (Å²) in [5.41, 5.74) is 3.09. The fraction of sp³-hybridized carbons (Fsp3) is 0. The van der Waals surface area contributed by atoms with Crippen LogP contribution in [0, 0.1) is 10.1 Å². The first-order chi connectivity index (χ1) is 12.6. The molecule has 8 heteroatoms. The molecule has 0 bridgehead atoms. The fourth-order valence-corrected chi connectivity index (χ4v) is 2.81. The van der Waals surface area contributed by atoms with Gasteiger partial charge in [0.2, 0.25) is 0 Å². The summed E-state index contributed by atoms with van der Waals surface area (Å²) in [5.74, 6) is 0.459. The Bertz CT molecular complexity index is 1110. The average molecular weight is 366 g/mol. The molecular formula is C18H12ClN5O2. The van der Waals surface area contributed by atoms with E-state index >= 15 is 0 Å². The number of nitrogens with zero attached hydrogens (tertiary/aromatic N) is 4. The number of hydrogen-bond acceptors (Lipinski definition) is 4. The molecule has 4 rings (SSSR count). The normalized spacial score (nSPS) is 11.8. The topological polar surface area (TPSA) is 89.6 Å². The largest absolute Gasteiger partial charge is 0.337 e. The number of benzene rings is 2. The zero-order chi connectivity index (χ0) is 18.1. The van der Waals surface area contributed by atoms with Crippen molar-refractivity contribution in [3.8, 4) is 5.69 Å². The van der Waals surface area contributed by atoms with Crippen molar-refractivity contribution in [2.24, 2.45) is 0 Å². The van der Waals surface area contributed by atoms with Crippen LogP contribution in [0.5, 0.6) is 0 Å². The molecule has 0 saturated carbocycles. The maximum absolute atomic E-state index is 10.9. The van der Waals surface area contributed by atoms with Gasteiger partial charge in [-0.25, -0.2) is 9.97 Å². The molecule has 0 aliphatic carbocycles. The molecule has 26 heavy (non-hydrogen) atoms. The molecule has 0 radical (unpaired) electrons. The average Bonchev–Trinajstić information content (AvgIpc) is 3.31. The Morgan fingerprint density at radius 1 is 1.23 bits per heavy atom. The lowest BCUT2D eigenvalue weighted by Crippen LogP contribution is -1.89. The zero-order valence-corrected chi connectivity index (χ0v) is 14.1. The number of H-pyrrole nitrogens is 1. The Hall–Kier alpha value is -3.45. The Morgan fingerprint density at radius 2 is 2.04 bits per heavy atom. The monoisotopic (exact) mass is 365 g/mol. The third kappa shape index (κ3) is 3.07. The van der Waals surface area contributed by atoms with Crippen molar-refractivity contribution in [2.75, 3.05) is 0 Å². The van der Waals surface area contributed by atoms with Crippen LogP contribution < -0.4 is 0 Å². The van der Waals surface area contributed by atoms with Gasteiger partial charge in [0.1, 0.15) is 5.82 Å². The first kappa shape index (κ1) is 16.0. The molecule has 0 spiro atoms. The van der Waals surface area contributed by atoms with E-state index in [2.05, 4.69) is 15.0 Å². The van der Waals surface area contributed by atoms with Crippen LogP contribution in [0.2, 0.25) is 0 Å². The van der Waals surface area contributed by atoms with Crippen molar-refractivity contribution in [1.82, 2.24) is 19.5 Å². The number of imidazole rings is 2. The third-order valence-corrected chi connectivity index (χ3v) is 4.18. The molecule has 0 aliphatic heterocycles. The number of fused-ring (bicyclic) bond motifs is 1. The molecule has 0 fully saturated rings. The van der Waals surface area contributed by atoms with E-state index in [0.29, 0.717) is 21.9 Å². The maximum Gasteiger partial charge on any atom is 0.271 e. The predicted octanol–water partition coefficient (Wildman–Crippen LogP) is 4.39. The van der Waals surface area contributed by atoms with Crippen LogP contribution in [0.3, 0.4) is 0 Å². The minimum atomic E-state index is -0.445. The third-order valence-electron chi connectivity index (χ3n) is 3.89. The molecule has 1 N–H and O–H groups in total. The van der Waals surface area contributed by atoms with Crippen LogP contribution in [0.25, 0.3) is 27.8 Å². The second-order valence-electron chi connectivity index (χ2n) is 5.60. The summed E-state index contributed by atoms with van der Waals surface area (Å²) >= 11 is 6.37. The number of halogens is 1. The van der Waals surface area contributed by atoms with E-state index in [4.69, 9.17) is 11.6 Å². The molecule has 0 atom stereocenters. The van der Waals surface area contributed by atoms with E-state index in [1.165, 1.54) is 12.1 Å². The van der Waals surface area contributed by atoms with E-state index in [-0.39, 0.29) is 5.69 Å². The van der Waals surface area contributed by atoms with Crippen molar-refractivity contribution in [3.63, 3.8) is 0 Å². The highest BCUT2D eigenvalue weighted by Crippen LogP contribution is 2.25. The Kier molecular flexibility index (Phi) is 3.98. The van der Waals surface area contributed by atoms with E-state index in [1.54, 1.807) is 24.7 Å². The van der Waals surface area contributed by atoms with Crippen molar-refractivity contribution in [2.45, 2.75) is 0 Å². The van der Waals surface area contributed by atoms with Crippen LogP contribution in [0.15, 0.2) is 61.2 Å². The lowest BCUT2D eigenvalue weighted by molar-refractivity contribution is -0.384. The highest BCUT2D eigenvalue weighted by Gasteiger charge is 2.11. The van der Waals surface area contributed by atoms with Gasteiger partial charge in [0.25, 0.3) is 5.69 Å². The van der Waals surface area contributed by atoms with Gasteiger partial charge in [0.15, 0.2) is 0 Å². The van der Waals surface area contributed by atoms with Gasteiger partial charge in [0.05, 0.1) is 27.3 Å². The molecule has 7 nitrogen and oxygen atoms in total. The quantitative estimate of drug-likeness (QED) is 0.429. The van der Waals surface area contributed by atoms with E-state index in [9.17, 15) is 10.1 Å². The SMILES string of the molecule is O=[N+]([O-])c1ccc2nc(C(Cl)=Cc3ccc(-n4ccnc4)cc3)[nH]c2c1. The van der Waals surface area contributed by atoms with Gasteiger partial charge in [-0.2, -0.15) is 0 Å². The highest BCUT2D eigenvalue weighted by molar-refractivity contribution is 6.50.